The number of hydrogen-bond acceptors (Lipinski definition) is 7. The minimum atomic E-state index is -3.36. The van der Waals surface area contributed by atoms with Crippen molar-refractivity contribution in [1.29, 1.82) is 0 Å². The van der Waals surface area contributed by atoms with E-state index in [1.54, 1.807) is 12.1 Å². The first-order valence-electron chi connectivity index (χ1n) is 5.31. The second-order valence-corrected chi connectivity index (χ2v) is 7.09. The number of hydrogen-bond donors (Lipinski definition) is 1. The molecule has 0 bridgehead atoms. The van der Waals surface area contributed by atoms with Crippen LogP contribution in [0.4, 0.5) is 10.8 Å². The third kappa shape index (κ3) is 3.06. The largest absolute Gasteiger partial charge is 0.298 e. The topological polar surface area (TPSA) is 106 Å². The van der Waals surface area contributed by atoms with E-state index in [4.69, 9.17) is 0 Å². The van der Waals surface area contributed by atoms with E-state index >= 15 is 0 Å². The molecular weight excluding hydrogens is 302 g/mol. The fraction of sp³-hybridized carbons (Fsp3) is 0.0909. The Morgan fingerprint density at radius 3 is 2.65 bits per heavy atom. The van der Waals surface area contributed by atoms with Crippen molar-refractivity contribution in [3.63, 3.8) is 0 Å². The first kappa shape index (κ1) is 14.3. The van der Waals surface area contributed by atoms with Crippen LogP contribution in [-0.2, 0) is 9.84 Å². The van der Waals surface area contributed by atoms with Crippen LogP contribution >= 0.6 is 11.3 Å². The molecule has 1 amide bonds. The first-order chi connectivity index (χ1) is 9.41. The predicted molar refractivity (Wildman–Crippen MR) is 75.1 cm³/mol. The number of nitrogens with one attached hydrogen (secondary N) is 1. The molecule has 0 aliphatic heterocycles. The molecule has 1 N–H and O–H groups in total. The van der Waals surface area contributed by atoms with E-state index in [0.29, 0.717) is 0 Å². The number of aromatic nitrogens is 1. The van der Waals surface area contributed by atoms with Gasteiger partial charge < -0.3 is 0 Å². The number of rotatable bonds is 4. The molecule has 0 atom stereocenters. The fourth-order valence-corrected chi connectivity index (χ4v) is 3.03. The van der Waals surface area contributed by atoms with Gasteiger partial charge in [-0.05, 0) is 17.3 Å². The number of anilines is 1. The Hall–Kier alpha value is -2.13. The van der Waals surface area contributed by atoms with Gasteiger partial charge in [0.1, 0.15) is 9.90 Å². The molecule has 1 aromatic carbocycles. The predicted octanol–water partition coefficient (Wildman–Crippen LogP) is 2.20. The molecule has 0 spiro atoms. The quantitative estimate of drug-likeness (QED) is 0.871. The van der Waals surface area contributed by atoms with Crippen molar-refractivity contribution in [3.8, 4) is 0 Å². The lowest BCUT2D eigenvalue weighted by Crippen LogP contribution is -2.11. The first-order valence-corrected chi connectivity index (χ1v) is 8.02. The average molecular weight is 311 g/mol. The molecule has 0 fully saturated rings. The molecule has 0 unspecified atom stereocenters. The molecule has 7 nitrogen and oxygen atoms in total. The molecule has 2 aromatic rings. The molecule has 0 saturated carbocycles. The third-order valence-corrected chi connectivity index (χ3v) is 5.02. The number of nitroso groups, excluding NO2 is 1. The number of nitrogens with zero attached hydrogens (tertiary/aromatic N) is 2. The number of thiazole rings is 1. The standard InChI is InChI=1S/C11H9N3O4S2/c1-20(17,18)9-6-12-11(19-9)13-10(15)7-4-2-3-5-8(7)14-16/h2-6H,1H3,(H,12,13,15). The monoisotopic (exact) mass is 311 g/mol. The highest BCUT2D eigenvalue weighted by molar-refractivity contribution is 7.92. The number of carbonyl (C=O) groups is 1. The maximum atomic E-state index is 12.0. The van der Waals surface area contributed by atoms with Gasteiger partial charge in [-0.2, -0.15) is 0 Å². The molecule has 0 radical (unpaired) electrons. The van der Waals surface area contributed by atoms with Gasteiger partial charge in [0.2, 0.25) is 0 Å². The molecule has 104 valence electrons. The van der Waals surface area contributed by atoms with Crippen molar-refractivity contribution in [2.75, 3.05) is 11.6 Å². The summed E-state index contributed by atoms with van der Waals surface area (Å²) in [5.41, 5.74) is 0.100. The number of amides is 1. The maximum Gasteiger partial charge on any atom is 0.259 e. The fourth-order valence-electron chi connectivity index (χ4n) is 1.40. The van der Waals surface area contributed by atoms with Gasteiger partial charge in [-0.15, -0.1) is 4.91 Å². The Balaban J connectivity index is 2.24. The summed E-state index contributed by atoms with van der Waals surface area (Å²) in [7, 11) is -3.36. The SMILES string of the molecule is CS(=O)(=O)c1cnc(NC(=O)c2ccccc2N=O)s1. The van der Waals surface area contributed by atoms with Gasteiger partial charge >= 0.3 is 0 Å². The molecule has 1 heterocycles. The van der Waals surface area contributed by atoms with Gasteiger partial charge in [0.15, 0.2) is 15.0 Å². The van der Waals surface area contributed by atoms with Crippen LogP contribution in [0.5, 0.6) is 0 Å². The van der Waals surface area contributed by atoms with Gasteiger partial charge in [0.25, 0.3) is 5.91 Å². The molecule has 0 saturated heterocycles. The van der Waals surface area contributed by atoms with E-state index in [1.807, 2.05) is 0 Å². The van der Waals surface area contributed by atoms with Crippen LogP contribution < -0.4 is 5.32 Å². The van der Waals surface area contributed by atoms with Gasteiger partial charge in [0, 0.05) is 6.26 Å². The molecule has 0 aliphatic rings. The second kappa shape index (κ2) is 5.47. The summed E-state index contributed by atoms with van der Waals surface area (Å²) >= 11 is 0.837. The highest BCUT2D eigenvalue weighted by Crippen LogP contribution is 2.24. The summed E-state index contributed by atoms with van der Waals surface area (Å²) in [6.45, 7) is 0. The summed E-state index contributed by atoms with van der Waals surface area (Å²) < 4.78 is 22.7. The summed E-state index contributed by atoms with van der Waals surface area (Å²) in [4.78, 5) is 26.4. The maximum absolute atomic E-state index is 12.0. The molecule has 20 heavy (non-hydrogen) atoms. The zero-order valence-corrected chi connectivity index (χ0v) is 11.9. The van der Waals surface area contributed by atoms with Crippen LogP contribution in [0.1, 0.15) is 10.4 Å². The van der Waals surface area contributed by atoms with E-state index in [1.165, 1.54) is 18.3 Å². The number of benzene rings is 1. The Morgan fingerprint density at radius 2 is 2.05 bits per heavy atom. The number of carbonyl (C=O) groups excluding carboxylic acids is 1. The molecule has 2 rings (SSSR count). The zero-order valence-electron chi connectivity index (χ0n) is 10.2. The lowest BCUT2D eigenvalue weighted by atomic mass is 10.2. The van der Waals surface area contributed by atoms with Crippen molar-refractivity contribution in [2.24, 2.45) is 5.18 Å². The van der Waals surface area contributed by atoms with E-state index < -0.39 is 15.7 Å². The summed E-state index contributed by atoms with van der Waals surface area (Å²) in [5, 5.41) is 5.32. The number of sulfone groups is 1. The molecule has 0 aliphatic carbocycles. The van der Waals surface area contributed by atoms with Crippen molar-refractivity contribution in [3.05, 3.63) is 40.9 Å². The van der Waals surface area contributed by atoms with E-state index in [0.717, 1.165) is 17.6 Å². The van der Waals surface area contributed by atoms with Gasteiger partial charge in [-0.1, -0.05) is 23.5 Å². The third-order valence-electron chi connectivity index (χ3n) is 2.32. The zero-order chi connectivity index (χ0) is 14.8. The average Bonchev–Trinajstić information content (AvgIpc) is 2.87. The Bertz CT molecular complexity index is 767. The molecule has 1 aromatic heterocycles. The van der Waals surface area contributed by atoms with Crippen LogP contribution in [0.25, 0.3) is 0 Å². The lowest BCUT2D eigenvalue weighted by Gasteiger charge is -2.02. The van der Waals surface area contributed by atoms with E-state index in [9.17, 15) is 18.1 Å². The minimum absolute atomic E-state index is 0.00453. The second-order valence-electron chi connectivity index (χ2n) is 3.82. The van der Waals surface area contributed by atoms with Crippen molar-refractivity contribution in [2.45, 2.75) is 4.21 Å². The van der Waals surface area contributed by atoms with Gasteiger partial charge in [-0.25, -0.2) is 13.4 Å². The highest BCUT2D eigenvalue weighted by Gasteiger charge is 2.16. The highest BCUT2D eigenvalue weighted by atomic mass is 32.2. The van der Waals surface area contributed by atoms with Crippen LogP contribution in [0.3, 0.4) is 0 Å². The van der Waals surface area contributed by atoms with Crippen LogP contribution in [0, 0.1) is 4.91 Å². The summed E-state index contributed by atoms with van der Waals surface area (Å²) in [6, 6.07) is 6.02. The van der Waals surface area contributed by atoms with E-state index in [-0.39, 0.29) is 20.6 Å². The van der Waals surface area contributed by atoms with Gasteiger partial charge in [0.05, 0.1) is 11.8 Å². The van der Waals surface area contributed by atoms with Gasteiger partial charge in [-0.3, -0.25) is 10.1 Å². The van der Waals surface area contributed by atoms with Crippen molar-refractivity contribution >= 4 is 37.9 Å². The lowest BCUT2D eigenvalue weighted by molar-refractivity contribution is 0.102. The Kier molecular flexibility index (Phi) is 3.91. The minimum Gasteiger partial charge on any atom is -0.298 e. The van der Waals surface area contributed by atoms with Crippen molar-refractivity contribution < 1.29 is 13.2 Å². The Morgan fingerprint density at radius 1 is 1.35 bits per heavy atom. The smallest absolute Gasteiger partial charge is 0.259 e. The molecule has 9 heteroatoms. The molecular formula is C11H9N3O4S2. The van der Waals surface area contributed by atoms with Crippen molar-refractivity contribution in [1.82, 2.24) is 4.98 Å². The van der Waals surface area contributed by atoms with E-state index in [2.05, 4.69) is 15.5 Å². The van der Waals surface area contributed by atoms with Crippen LogP contribution in [0.2, 0.25) is 0 Å². The summed E-state index contributed by atoms with van der Waals surface area (Å²) in [6.07, 6.45) is 2.22. The summed E-state index contributed by atoms with van der Waals surface area (Å²) in [5.74, 6) is -0.574. The normalized spacial score (nSPS) is 11.1. The Labute approximate surface area is 118 Å². The van der Waals surface area contributed by atoms with Crippen LogP contribution in [-0.4, -0.2) is 25.6 Å². The van der Waals surface area contributed by atoms with Crippen LogP contribution in [0.15, 0.2) is 39.8 Å².